The molecule has 0 radical (unpaired) electrons. The van der Waals surface area contributed by atoms with E-state index in [1.807, 2.05) is 31.2 Å². The van der Waals surface area contributed by atoms with Crippen molar-refractivity contribution in [1.29, 1.82) is 0 Å². The van der Waals surface area contributed by atoms with Gasteiger partial charge in [0.05, 0.1) is 12.1 Å². The quantitative estimate of drug-likeness (QED) is 0.795. The Labute approximate surface area is 116 Å². The largest absolute Gasteiger partial charge is 0.367 e. The molecule has 0 saturated heterocycles. The Morgan fingerprint density at radius 1 is 1.15 bits per heavy atom. The third-order valence-corrected chi connectivity index (χ3v) is 3.14. The average Bonchev–Trinajstić information content (AvgIpc) is 2.38. The van der Waals surface area contributed by atoms with Crippen LogP contribution in [0, 0.1) is 18.6 Å². The second kappa shape index (κ2) is 5.82. The van der Waals surface area contributed by atoms with Crippen LogP contribution < -0.4 is 4.90 Å². The topological polar surface area (TPSA) is 20.3 Å². The van der Waals surface area contributed by atoms with E-state index in [1.54, 1.807) is 11.9 Å². The van der Waals surface area contributed by atoms with E-state index in [1.165, 1.54) is 6.07 Å². The molecule has 20 heavy (non-hydrogen) atoms. The van der Waals surface area contributed by atoms with E-state index in [9.17, 15) is 13.6 Å². The average molecular weight is 275 g/mol. The number of carbonyl (C=O) groups is 1. The smallest absolute Gasteiger partial charge is 0.185 e. The van der Waals surface area contributed by atoms with Crippen LogP contribution in [0.15, 0.2) is 42.5 Å². The Bertz CT molecular complexity index is 640. The highest BCUT2D eigenvalue weighted by molar-refractivity contribution is 5.99. The van der Waals surface area contributed by atoms with Crippen molar-refractivity contribution < 1.29 is 13.6 Å². The summed E-state index contributed by atoms with van der Waals surface area (Å²) in [5.74, 6) is -1.90. The standard InChI is InChI=1S/C16H15F2NO/c1-11-5-3-4-6-15(11)19(2)10-16(20)13-8-7-12(17)9-14(13)18/h3-9H,10H2,1-2H3. The molecule has 0 aliphatic rings. The van der Waals surface area contributed by atoms with Crippen molar-refractivity contribution in [3.63, 3.8) is 0 Å². The van der Waals surface area contributed by atoms with Gasteiger partial charge in [0.2, 0.25) is 0 Å². The fraction of sp³-hybridized carbons (Fsp3) is 0.188. The van der Waals surface area contributed by atoms with Gasteiger partial charge in [-0.05, 0) is 30.7 Å². The summed E-state index contributed by atoms with van der Waals surface area (Å²) >= 11 is 0. The molecular weight excluding hydrogens is 260 g/mol. The van der Waals surface area contributed by atoms with Crippen LogP contribution in [-0.4, -0.2) is 19.4 Å². The van der Waals surface area contributed by atoms with Gasteiger partial charge >= 0.3 is 0 Å². The number of carbonyl (C=O) groups excluding carboxylic acids is 1. The molecule has 0 spiro atoms. The van der Waals surface area contributed by atoms with Crippen LogP contribution in [0.25, 0.3) is 0 Å². The summed E-state index contributed by atoms with van der Waals surface area (Å²) in [6, 6.07) is 10.6. The van der Waals surface area contributed by atoms with Crippen LogP contribution in [0.1, 0.15) is 15.9 Å². The van der Waals surface area contributed by atoms with Gasteiger partial charge in [0, 0.05) is 18.8 Å². The zero-order valence-electron chi connectivity index (χ0n) is 11.4. The Kier molecular flexibility index (Phi) is 4.13. The number of hydrogen-bond donors (Lipinski definition) is 0. The Morgan fingerprint density at radius 3 is 2.50 bits per heavy atom. The molecule has 0 bridgehead atoms. The maximum absolute atomic E-state index is 13.6. The van der Waals surface area contributed by atoms with E-state index in [4.69, 9.17) is 0 Å². The van der Waals surface area contributed by atoms with Crippen molar-refractivity contribution in [2.45, 2.75) is 6.92 Å². The summed E-state index contributed by atoms with van der Waals surface area (Å²) in [5, 5.41) is 0. The molecule has 0 fully saturated rings. The van der Waals surface area contributed by atoms with Gasteiger partial charge in [-0.3, -0.25) is 4.79 Å². The summed E-state index contributed by atoms with van der Waals surface area (Å²) in [5.41, 5.74) is 1.84. The van der Waals surface area contributed by atoms with Crippen molar-refractivity contribution in [3.8, 4) is 0 Å². The first-order valence-corrected chi connectivity index (χ1v) is 6.24. The van der Waals surface area contributed by atoms with E-state index in [2.05, 4.69) is 0 Å². The molecule has 0 aliphatic heterocycles. The first kappa shape index (κ1) is 14.2. The normalized spacial score (nSPS) is 10.4. The molecule has 0 amide bonds. The Balaban J connectivity index is 2.17. The molecule has 0 saturated carbocycles. The lowest BCUT2D eigenvalue weighted by Crippen LogP contribution is -2.26. The maximum Gasteiger partial charge on any atom is 0.185 e. The fourth-order valence-electron chi connectivity index (χ4n) is 2.09. The molecule has 0 aliphatic carbocycles. The summed E-state index contributed by atoms with van der Waals surface area (Å²) in [6.45, 7) is 1.97. The summed E-state index contributed by atoms with van der Waals surface area (Å²) < 4.78 is 26.4. The minimum atomic E-state index is -0.826. The SMILES string of the molecule is Cc1ccccc1N(C)CC(=O)c1ccc(F)cc1F. The van der Waals surface area contributed by atoms with Gasteiger partial charge in [0.15, 0.2) is 5.78 Å². The third kappa shape index (κ3) is 3.02. The molecule has 4 heteroatoms. The van der Waals surface area contributed by atoms with Crippen molar-refractivity contribution in [3.05, 3.63) is 65.2 Å². The van der Waals surface area contributed by atoms with E-state index in [0.717, 1.165) is 23.4 Å². The summed E-state index contributed by atoms with van der Waals surface area (Å²) in [7, 11) is 1.77. The van der Waals surface area contributed by atoms with E-state index < -0.39 is 11.6 Å². The van der Waals surface area contributed by atoms with Crippen molar-refractivity contribution in [2.75, 3.05) is 18.5 Å². The molecule has 0 N–H and O–H groups in total. The number of nitrogens with zero attached hydrogens (tertiary/aromatic N) is 1. The van der Waals surface area contributed by atoms with Gasteiger partial charge in [-0.25, -0.2) is 8.78 Å². The molecule has 2 rings (SSSR count). The lowest BCUT2D eigenvalue weighted by atomic mass is 10.1. The minimum Gasteiger partial charge on any atom is -0.367 e. The number of likely N-dealkylation sites (N-methyl/N-ethyl adjacent to an activating group) is 1. The van der Waals surface area contributed by atoms with Crippen molar-refractivity contribution in [1.82, 2.24) is 0 Å². The van der Waals surface area contributed by atoms with Crippen LogP contribution in [-0.2, 0) is 0 Å². The fourth-order valence-corrected chi connectivity index (χ4v) is 2.09. The number of anilines is 1. The lowest BCUT2D eigenvalue weighted by Gasteiger charge is -2.20. The summed E-state index contributed by atoms with van der Waals surface area (Å²) in [4.78, 5) is 13.8. The maximum atomic E-state index is 13.6. The number of hydrogen-bond acceptors (Lipinski definition) is 2. The molecule has 104 valence electrons. The third-order valence-electron chi connectivity index (χ3n) is 3.14. The molecule has 0 aromatic heterocycles. The highest BCUT2D eigenvalue weighted by Crippen LogP contribution is 2.19. The van der Waals surface area contributed by atoms with Crippen molar-refractivity contribution in [2.24, 2.45) is 0 Å². The molecule has 2 nitrogen and oxygen atoms in total. The lowest BCUT2D eigenvalue weighted by molar-refractivity contribution is 0.0996. The summed E-state index contributed by atoms with van der Waals surface area (Å²) in [6.07, 6.45) is 0. The van der Waals surface area contributed by atoms with Crippen LogP contribution in [0.4, 0.5) is 14.5 Å². The zero-order valence-corrected chi connectivity index (χ0v) is 11.4. The zero-order chi connectivity index (χ0) is 14.7. The van der Waals surface area contributed by atoms with Crippen molar-refractivity contribution >= 4 is 11.5 Å². The van der Waals surface area contributed by atoms with E-state index >= 15 is 0 Å². The van der Waals surface area contributed by atoms with Gasteiger partial charge in [-0.1, -0.05) is 18.2 Å². The van der Waals surface area contributed by atoms with Gasteiger partial charge < -0.3 is 4.90 Å². The number of ketones is 1. The molecule has 0 unspecified atom stereocenters. The molecule has 0 heterocycles. The number of Topliss-reactive ketones (excluding diaryl/α,β-unsaturated/α-hetero) is 1. The second-order valence-electron chi connectivity index (χ2n) is 4.69. The predicted octanol–water partition coefficient (Wildman–Crippen LogP) is 3.59. The van der Waals surface area contributed by atoms with Crippen LogP contribution in [0.5, 0.6) is 0 Å². The van der Waals surface area contributed by atoms with Gasteiger partial charge in [-0.2, -0.15) is 0 Å². The molecule has 0 atom stereocenters. The van der Waals surface area contributed by atoms with Gasteiger partial charge in [0.1, 0.15) is 11.6 Å². The first-order valence-electron chi connectivity index (χ1n) is 6.24. The number of benzene rings is 2. The number of para-hydroxylation sites is 1. The minimum absolute atomic E-state index is 0.0351. The molecule has 2 aromatic rings. The van der Waals surface area contributed by atoms with E-state index in [-0.39, 0.29) is 17.9 Å². The first-order chi connectivity index (χ1) is 9.49. The van der Waals surface area contributed by atoms with E-state index in [0.29, 0.717) is 0 Å². The molecular formula is C16H15F2NO. The Morgan fingerprint density at radius 2 is 1.85 bits per heavy atom. The van der Waals surface area contributed by atoms with Gasteiger partial charge in [0.25, 0.3) is 0 Å². The number of rotatable bonds is 4. The number of aryl methyl sites for hydroxylation is 1. The van der Waals surface area contributed by atoms with Crippen LogP contribution >= 0.6 is 0 Å². The molecule has 2 aromatic carbocycles. The number of halogens is 2. The van der Waals surface area contributed by atoms with Crippen LogP contribution in [0.3, 0.4) is 0 Å². The highest BCUT2D eigenvalue weighted by atomic mass is 19.1. The van der Waals surface area contributed by atoms with Gasteiger partial charge in [-0.15, -0.1) is 0 Å². The predicted molar refractivity (Wildman–Crippen MR) is 75.1 cm³/mol. The monoisotopic (exact) mass is 275 g/mol. The van der Waals surface area contributed by atoms with Crippen LogP contribution in [0.2, 0.25) is 0 Å². The highest BCUT2D eigenvalue weighted by Gasteiger charge is 2.15. The Hall–Kier alpha value is -2.23. The second-order valence-corrected chi connectivity index (χ2v) is 4.69.